The van der Waals surface area contributed by atoms with Crippen LogP contribution < -0.4 is 5.32 Å². The van der Waals surface area contributed by atoms with Gasteiger partial charge in [0.25, 0.3) is 0 Å². The summed E-state index contributed by atoms with van der Waals surface area (Å²) in [5, 5.41) is 9.36. The number of aryl methyl sites for hydroxylation is 1. The lowest BCUT2D eigenvalue weighted by Gasteiger charge is -2.08. The number of nitrogens with zero attached hydrogens (tertiary/aromatic N) is 2. The minimum absolute atomic E-state index is 0.0380. The van der Waals surface area contributed by atoms with Gasteiger partial charge in [0.15, 0.2) is 0 Å². The molecule has 4 aromatic rings. The fourth-order valence-corrected chi connectivity index (χ4v) is 3.44. The second-order valence-corrected chi connectivity index (χ2v) is 7.70. The van der Waals surface area contributed by atoms with Crippen molar-refractivity contribution in [3.63, 3.8) is 0 Å². The summed E-state index contributed by atoms with van der Waals surface area (Å²) in [5.41, 5.74) is 3.28. The number of amides is 1. The van der Waals surface area contributed by atoms with Gasteiger partial charge < -0.3 is 9.84 Å². The van der Waals surface area contributed by atoms with Crippen LogP contribution in [0.3, 0.4) is 0 Å². The number of aromatic nitrogens is 2. The standard InChI is InChI=1S/C25H25N3O2/c1-17(2)18-10-12-20(13-11-18)25-27-24(30-28-25)15-14-23(29)26-16-21-8-5-7-19-6-3-4-9-22(19)21/h3-13,17H,14-16H2,1-2H3,(H,26,29). The third kappa shape index (κ3) is 4.57. The van der Waals surface area contributed by atoms with E-state index in [4.69, 9.17) is 4.52 Å². The number of nitrogens with one attached hydrogen (secondary N) is 1. The average Bonchev–Trinajstić information content (AvgIpc) is 3.25. The van der Waals surface area contributed by atoms with Gasteiger partial charge in [-0.1, -0.05) is 85.7 Å². The van der Waals surface area contributed by atoms with Crippen LogP contribution in [0.1, 0.15) is 43.2 Å². The van der Waals surface area contributed by atoms with Crippen molar-refractivity contribution in [1.82, 2.24) is 15.5 Å². The predicted octanol–water partition coefficient (Wildman–Crippen LogP) is 5.26. The number of carbonyl (C=O) groups is 1. The van der Waals surface area contributed by atoms with Crippen LogP contribution in [0.5, 0.6) is 0 Å². The molecule has 1 N–H and O–H groups in total. The largest absolute Gasteiger partial charge is 0.352 e. The summed E-state index contributed by atoms with van der Waals surface area (Å²) in [6, 6.07) is 22.5. The number of hydrogen-bond acceptors (Lipinski definition) is 4. The highest BCUT2D eigenvalue weighted by Crippen LogP contribution is 2.21. The Morgan fingerprint density at radius 1 is 1.00 bits per heavy atom. The fraction of sp³-hybridized carbons (Fsp3) is 0.240. The molecule has 1 aromatic heterocycles. The maximum atomic E-state index is 12.3. The van der Waals surface area contributed by atoms with Gasteiger partial charge in [-0.2, -0.15) is 4.98 Å². The van der Waals surface area contributed by atoms with E-state index in [-0.39, 0.29) is 5.91 Å². The number of carbonyl (C=O) groups excluding carboxylic acids is 1. The molecule has 0 unspecified atom stereocenters. The number of benzene rings is 3. The molecule has 0 atom stereocenters. The molecule has 4 rings (SSSR count). The summed E-state index contributed by atoms with van der Waals surface area (Å²) >= 11 is 0. The molecule has 0 radical (unpaired) electrons. The van der Waals surface area contributed by atoms with E-state index < -0.39 is 0 Å². The minimum Gasteiger partial charge on any atom is -0.352 e. The highest BCUT2D eigenvalue weighted by Gasteiger charge is 2.11. The molecule has 5 nitrogen and oxygen atoms in total. The molecule has 0 fully saturated rings. The molecule has 30 heavy (non-hydrogen) atoms. The monoisotopic (exact) mass is 399 g/mol. The van der Waals surface area contributed by atoms with Crippen LogP contribution in [0.25, 0.3) is 22.2 Å². The third-order valence-corrected chi connectivity index (χ3v) is 5.23. The highest BCUT2D eigenvalue weighted by atomic mass is 16.5. The van der Waals surface area contributed by atoms with Crippen LogP contribution in [0.15, 0.2) is 71.3 Å². The Hall–Kier alpha value is -3.47. The van der Waals surface area contributed by atoms with Gasteiger partial charge in [-0.15, -0.1) is 0 Å². The van der Waals surface area contributed by atoms with E-state index in [0.717, 1.165) is 16.5 Å². The lowest BCUT2D eigenvalue weighted by Crippen LogP contribution is -2.23. The molecular formula is C25H25N3O2. The third-order valence-electron chi connectivity index (χ3n) is 5.23. The van der Waals surface area contributed by atoms with Crippen molar-refractivity contribution in [2.75, 3.05) is 0 Å². The first kappa shape index (κ1) is 19.8. The molecule has 0 aliphatic heterocycles. The number of fused-ring (bicyclic) bond motifs is 1. The molecule has 0 saturated carbocycles. The van der Waals surface area contributed by atoms with E-state index >= 15 is 0 Å². The van der Waals surface area contributed by atoms with Crippen molar-refractivity contribution in [1.29, 1.82) is 0 Å². The van der Waals surface area contributed by atoms with E-state index in [1.807, 2.05) is 36.4 Å². The quantitative estimate of drug-likeness (QED) is 0.460. The van der Waals surface area contributed by atoms with Crippen LogP contribution in [0.2, 0.25) is 0 Å². The van der Waals surface area contributed by atoms with Gasteiger partial charge in [0, 0.05) is 24.9 Å². The summed E-state index contributed by atoms with van der Waals surface area (Å²) in [7, 11) is 0. The summed E-state index contributed by atoms with van der Waals surface area (Å²) in [5.74, 6) is 1.46. The van der Waals surface area contributed by atoms with Crippen LogP contribution >= 0.6 is 0 Å². The molecule has 0 saturated heterocycles. The van der Waals surface area contributed by atoms with E-state index in [2.05, 4.69) is 59.6 Å². The van der Waals surface area contributed by atoms with Gasteiger partial charge in [0.05, 0.1) is 0 Å². The van der Waals surface area contributed by atoms with E-state index in [1.165, 1.54) is 10.9 Å². The summed E-state index contributed by atoms with van der Waals surface area (Å²) in [6.45, 7) is 4.82. The van der Waals surface area contributed by atoms with Crippen molar-refractivity contribution >= 4 is 16.7 Å². The summed E-state index contributed by atoms with van der Waals surface area (Å²) in [6.07, 6.45) is 0.719. The van der Waals surface area contributed by atoms with Crippen LogP contribution in [0.4, 0.5) is 0 Å². The summed E-state index contributed by atoms with van der Waals surface area (Å²) < 4.78 is 5.33. The molecule has 152 valence electrons. The molecule has 3 aromatic carbocycles. The molecule has 0 bridgehead atoms. The molecule has 0 aliphatic carbocycles. The zero-order valence-corrected chi connectivity index (χ0v) is 17.3. The van der Waals surface area contributed by atoms with Gasteiger partial charge in [-0.3, -0.25) is 4.79 Å². The fourth-order valence-electron chi connectivity index (χ4n) is 3.44. The first-order valence-corrected chi connectivity index (χ1v) is 10.3. The summed E-state index contributed by atoms with van der Waals surface area (Å²) in [4.78, 5) is 16.7. The van der Waals surface area contributed by atoms with Crippen molar-refractivity contribution in [2.24, 2.45) is 0 Å². The predicted molar refractivity (Wildman–Crippen MR) is 118 cm³/mol. The Labute approximate surface area is 176 Å². The topological polar surface area (TPSA) is 68.0 Å². The smallest absolute Gasteiger partial charge is 0.227 e. The zero-order chi connectivity index (χ0) is 20.9. The molecule has 5 heteroatoms. The molecular weight excluding hydrogens is 374 g/mol. The van der Waals surface area contributed by atoms with E-state index in [0.29, 0.717) is 37.0 Å². The molecule has 0 aliphatic rings. The second kappa shape index (κ2) is 8.91. The lowest BCUT2D eigenvalue weighted by atomic mass is 10.0. The second-order valence-electron chi connectivity index (χ2n) is 7.70. The SMILES string of the molecule is CC(C)c1ccc(-c2noc(CCC(=O)NCc3cccc4ccccc34)n2)cc1. The van der Waals surface area contributed by atoms with Crippen LogP contribution in [0, 0.1) is 0 Å². The Morgan fingerprint density at radius 2 is 1.77 bits per heavy atom. The van der Waals surface area contributed by atoms with E-state index in [1.54, 1.807) is 0 Å². The first-order chi connectivity index (χ1) is 14.6. The number of rotatable bonds is 7. The van der Waals surface area contributed by atoms with Gasteiger partial charge >= 0.3 is 0 Å². The Kier molecular flexibility index (Phi) is 5.89. The van der Waals surface area contributed by atoms with Gasteiger partial charge in [0.2, 0.25) is 17.6 Å². The van der Waals surface area contributed by atoms with E-state index in [9.17, 15) is 4.79 Å². The highest BCUT2D eigenvalue weighted by molar-refractivity contribution is 5.86. The molecule has 0 spiro atoms. The Balaban J connectivity index is 1.32. The van der Waals surface area contributed by atoms with Crippen molar-refractivity contribution < 1.29 is 9.32 Å². The zero-order valence-electron chi connectivity index (χ0n) is 17.3. The van der Waals surface area contributed by atoms with Crippen molar-refractivity contribution in [3.05, 3.63) is 83.7 Å². The van der Waals surface area contributed by atoms with Crippen molar-refractivity contribution in [3.8, 4) is 11.4 Å². The van der Waals surface area contributed by atoms with Crippen LogP contribution in [-0.2, 0) is 17.8 Å². The lowest BCUT2D eigenvalue weighted by molar-refractivity contribution is -0.121. The average molecular weight is 399 g/mol. The first-order valence-electron chi connectivity index (χ1n) is 10.3. The Morgan fingerprint density at radius 3 is 2.57 bits per heavy atom. The Bertz CT molecular complexity index is 1140. The maximum absolute atomic E-state index is 12.3. The van der Waals surface area contributed by atoms with Gasteiger partial charge in [-0.05, 0) is 27.8 Å². The molecule has 1 heterocycles. The maximum Gasteiger partial charge on any atom is 0.227 e. The molecule has 1 amide bonds. The van der Waals surface area contributed by atoms with Gasteiger partial charge in [-0.25, -0.2) is 0 Å². The van der Waals surface area contributed by atoms with Crippen LogP contribution in [-0.4, -0.2) is 16.0 Å². The number of hydrogen-bond donors (Lipinski definition) is 1. The van der Waals surface area contributed by atoms with Crippen molar-refractivity contribution in [2.45, 2.75) is 39.2 Å². The van der Waals surface area contributed by atoms with Gasteiger partial charge in [0.1, 0.15) is 0 Å². The normalized spacial score (nSPS) is 11.2. The minimum atomic E-state index is -0.0380.